The largest absolute Gasteiger partial charge is 0.481 e. The summed E-state index contributed by atoms with van der Waals surface area (Å²) < 4.78 is 5.94. The topological polar surface area (TPSA) is 53.1 Å². The molecule has 0 unspecified atom stereocenters. The Labute approximate surface area is 178 Å². The highest BCUT2D eigenvalue weighted by atomic mass is 16.5. The Morgan fingerprint density at radius 3 is 2.47 bits per heavy atom. The Balaban J connectivity index is 1.30. The second kappa shape index (κ2) is 9.30. The molecule has 0 spiro atoms. The summed E-state index contributed by atoms with van der Waals surface area (Å²) in [5, 5.41) is 0. The Hall–Kier alpha value is -2.86. The number of benzene rings is 2. The van der Waals surface area contributed by atoms with Gasteiger partial charge in [-0.1, -0.05) is 36.4 Å². The van der Waals surface area contributed by atoms with Gasteiger partial charge in [0.15, 0.2) is 6.10 Å². The van der Waals surface area contributed by atoms with Gasteiger partial charge in [0, 0.05) is 57.4 Å². The third kappa shape index (κ3) is 4.82. The van der Waals surface area contributed by atoms with E-state index in [-0.39, 0.29) is 11.8 Å². The Morgan fingerprint density at radius 1 is 1.00 bits per heavy atom. The zero-order chi connectivity index (χ0) is 20.9. The van der Waals surface area contributed by atoms with Gasteiger partial charge >= 0.3 is 0 Å². The molecule has 0 bridgehead atoms. The maximum atomic E-state index is 12.9. The molecule has 0 N–H and O–H groups in total. The lowest BCUT2D eigenvalue weighted by atomic mass is 10.2. The van der Waals surface area contributed by atoms with Crippen molar-refractivity contribution in [3.05, 3.63) is 60.2 Å². The molecule has 2 aromatic rings. The maximum Gasteiger partial charge on any atom is 0.263 e. The van der Waals surface area contributed by atoms with Crippen molar-refractivity contribution in [1.29, 1.82) is 0 Å². The zero-order valence-corrected chi connectivity index (χ0v) is 17.5. The number of carbonyl (C=O) groups excluding carboxylic acids is 2. The van der Waals surface area contributed by atoms with E-state index in [1.165, 1.54) is 5.56 Å². The first kappa shape index (κ1) is 20.4. The van der Waals surface area contributed by atoms with Crippen LogP contribution in [0.2, 0.25) is 0 Å². The Bertz CT molecular complexity index is 878. The first-order valence-corrected chi connectivity index (χ1v) is 10.7. The van der Waals surface area contributed by atoms with Crippen LogP contribution in [0.3, 0.4) is 0 Å². The van der Waals surface area contributed by atoms with Gasteiger partial charge in [-0.2, -0.15) is 0 Å². The molecule has 0 aromatic heterocycles. The van der Waals surface area contributed by atoms with Crippen LogP contribution in [-0.2, 0) is 16.1 Å². The van der Waals surface area contributed by atoms with E-state index < -0.39 is 6.10 Å². The first-order valence-electron chi connectivity index (χ1n) is 10.7. The number of piperazine rings is 1. The highest BCUT2D eigenvalue weighted by Crippen LogP contribution is 2.26. The molecule has 158 valence electrons. The Morgan fingerprint density at radius 2 is 1.77 bits per heavy atom. The summed E-state index contributed by atoms with van der Waals surface area (Å²) in [4.78, 5) is 30.9. The van der Waals surface area contributed by atoms with Crippen molar-refractivity contribution in [3.8, 4) is 5.75 Å². The molecule has 2 aromatic carbocycles. The van der Waals surface area contributed by atoms with Crippen LogP contribution in [0.5, 0.6) is 5.75 Å². The van der Waals surface area contributed by atoms with Gasteiger partial charge in [-0.15, -0.1) is 0 Å². The minimum Gasteiger partial charge on any atom is -0.481 e. The zero-order valence-electron chi connectivity index (χ0n) is 17.5. The third-order valence-electron chi connectivity index (χ3n) is 5.80. The monoisotopic (exact) mass is 407 g/mol. The minimum absolute atomic E-state index is 0.0111. The van der Waals surface area contributed by atoms with Gasteiger partial charge < -0.3 is 14.5 Å². The summed E-state index contributed by atoms with van der Waals surface area (Å²) in [6.45, 7) is 6.59. The summed E-state index contributed by atoms with van der Waals surface area (Å²) in [7, 11) is 0. The number of carbonyl (C=O) groups is 2. The van der Waals surface area contributed by atoms with Crippen molar-refractivity contribution in [1.82, 2.24) is 9.80 Å². The average Bonchev–Trinajstić information content (AvgIpc) is 3.20. The normalized spacial score (nSPS) is 18.5. The van der Waals surface area contributed by atoms with Crippen molar-refractivity contribution < 1.29 is 14.3 Å². The standard InChI is InChI=1S/C24H29N3O3/c1-19(30-22-10-5-9-21(17-22)27-12-6-11-23(27)28)24(29)26-15-13-25(14-16-26)18-20-7-3-2-4-8-20/h2-5,7-10,17,19H,6,11-16,18H2,1H3/t19-/m1/s1. The highest BCUT2D eigenvalue weighted by molar-refractivity contribution is 5.95. The second-order valence-electron chi connectivity index (χ2n) is 7.99. The van der Waals surface area contributed by atoms with Crippen LogP contribution in [0.4, 0.5) is 5.69 Å². The van der Waals surface area contributed by atoms with Crippen molar-refractivity contribution in [2.45, 2.75) is 32.4 Å². The first-order chi connectivity index (χ1) is 14.6. The summed E-state index contributed by atoms with van der Waals surface area (Å²) in [5.74, 6) is 0.775. The number of rotatable bonds is 6. The molecule has 4 rings (SSSR count). The number of anilines is 1. The Kier molecular flexibility index (Phi) is 6.33. The molecule has 2 amide bonds. The van der Waals surface area contributed by atoms with E-state index in [2.05, 4.69) is 29.2 Å². The van der Waals surface area contributed by atoms with E-state index in [1.54, 1.807) is 11.8 Å². The lowest BCUT2D eigenvalue weighted by Crippen LogP contribution is -2.51. The molecule has 0 aliphatic carbocycles. The number of amides is 2. The van der Waals surface area contributed by atoms with Gasteiger partial charge in [-0.05, 0) is 31.0 Å². The fourth-order valence-corrected chi connectivity index (χ4v) is 4.13. The molecule has 2 fully saturated rings. The van der Waals surface area contributed by atoms with E-state index in [0.29, 0.717) is 25.3 Å². The van der Waals surface area contributed by atoms with Crippen LogP contribution in [0.1, 0.15) is 25.3 Å². The fourth-order valence-electron chi connectivity index (χ4n) is 4.13. The van der Waals surface area contributed by atoms with Gasteiger partial charge in [0.25, 0.3) is 5.91 Å². The summed E-state index contributed by atoms with van der Waals surface area (Å²) in [6, 6.07) is 17.9. The van der Waals surface area contributed by atoms with E-state index in [0.717, 1.165) is 38.3 Å². The number of hydrogen-bond donors (Lipinski definition) is 0. The van der Waals surface area contributed by atoms with Crippen LogP contribution >= 0.6 is 0 Å². The third-order valence-corrected chi connectivity index (χ3v) is 5.80. The van der Waals surface area contributed by atoms with E-state index in [1.807, 2.05) is 35.2 Å². The SMILES string of the molecule is C[C@@H](Oc1cccc(N2CCCC2=O)c1)C(=O)N1CCN(Cc2ccccc2)CC1. The molecule has 6 nitrogen and oxygen atoms in total. The molecular formula is C24H29N3O3. The van der Waals surface area contributed by atoms with Crippen molar-refractivity contribution in [2.75, 3.05) is 37.6 Å². The predicted octanol–water partition coefficient (Wildman–Crippen LogP) is 2.93. The molecule has 2 saturated heterocycles. The van der Waals surface area contributed by atoms with Crippen LogP contribution in [0, 0.1) is 0 Å². The lowest BCUT2D eigenvalue weighted by Gasteiger charge is -2.36. The number of ether oxygens (including phenoxy) is 1. The molecule has 6 heteroatoms. The summed E-state index contributed by atoms with van der Waals surface area (Å²) in [5.41, 5.74) is 2.13. The number of hydrogen-bond acceptors (Lipinski definition) is 4. The molecule has 0 radical (unpaired) electrons. The van der Waals surface area contributed by atoms with Gasteiger partial charge in [0.1, 0.15) is 5.75 Å². The van der Waals surface area contributed by atoms with Crippen molar-refractivity contribution in [3.63, 3.8) is 0 Å². The minimum atomic E-state index is -0.560. The number of nitrogens with zero attached hydrogens (tertiary/aromatic N) is 3. The van der Waals surface area contributed by atoms with Gasteiger partial charge in [0.2, 0.25) is 5.91 Å². The van der Waals surface area contributed by atoms with E-state index >= 15 is 0 Å². The molecule has 30 heavy (non-hydrogen) atoms. The quantitative estimate of drug-likeness (QED) is 0.739. The van der Waals surface area contributed by atoms with Crippen molar-refractivity contribution in [2.24, 2.45) is 0 Å². The van der Waals surface area contributed by atoms with Crippen LogP contribution in [-0.4, -0.2) is 60.4 Å². The predicted molar refractivity (Wildman–Crippen MR) is 116 cm³/mol. The molecular weight excluding hydrogens is 378 g/mol. The average molecular weight is 408 g/mol. The molecule has 1 atom stereocenters. The summed E-state index contributed by atoms with van der Waals surface area (Å²) in [6.07, 6.45) is 0.917. The van der Waals surface area contributed by atoms with Crippen LogP contribution in [0.25, 0.3) is 0 Å². The van der Waals surface area contributed by atoms with Gasteiger partial charge in [-0.3, -0.25) is 14.5 Å². The van der Waals surface area contributed by atoms with E-state index in [9.17, 15) is 9.59 Å². The smallest absolute Gasteiger partial charge is 0.263 e. The fraction of sp³-hybridized carbons (Fsp3) is 0.417. The van der Waals surface area contributed by atoms with E-state index in [4.69, 9.17) is 4.74 Å². The lowest BCUT2D eigenvalue weighted by molar-refractivity contribution is -0.139. The molecule has 2 heterocycles. The van der Waals surface area contributed by atoms with Gasteiger partial charge in [-0.25, -0.2) is 0 Å². The van der Waals surface area contributed by atoms with Crippen LogP contribution in [0.15, 0.2) is 54.6 Å². The second-order valence-corrected chi connectivity index (χ2v) is 7.99. The molecule has 2 aliphatic heterocycles. The molecule has 0 saturated carbocycles. The molecule has 2 aliphatic rings. The van der Waals surface area contributed by atoms with Crippen LogP contribution < -0.4 is 9.64 Å². The maximum absolute atomic E-state index is 12.9. The van der Waals surface area contributed by atoms with Crippen molar-refractivity contribution >= 4 is 17.5 Å². The highest BCUT2D eigenvalue weighted by Gasteiger charge is 2.27. The summed E-state index contributed by atoms with van der Waals surface area (Å²) >= 11 is 0. The van der Waals surface area contributed by atoms with Gasteiger partial charge in [0.05, 0.1) is 0 Å².